The summed E-state index contributed by atoms with van der Waals surface area (Å²) in [4.78, 5) is 12.1. The number of nitrogens with zero attached hydrogens (tertiary/aromatic N) is 2. The van der Waals surface area contributed by atoms with Crippen LogP contribution >= 0.6 is 0 Å². The van der Waals surface area contributed by atoms with Crippen LogP contribution in [0.2, 0.25) is 0 Å². The van der Waals surface area contributed by atoms with Crippen molar-refractivity contribution in [1.29, 1.82) is 0 Å². The zero-order chi connectivity index (χ0) is 16.2. The maximum absolute atomic E-state index is 12.1. The van der Waals surface area contributed by atoms with Crippen LogP contribution in [0.4, 0.5) is 6.01 Å². The maximum Gasteiger partial charge on any atom is 0.322 e. The van der Waals surface area contributed by atoms with Crippen molar-refractivity contribution in [3.05, 3.63) is 40.8 Å². The van der Waals surface area contributed by atoms with Gasteiger partial charge in [-0.1, -0.05) is 42.6 Å². The summed E-state index contributed by atoms with van der Waals surface area (Å²) < 4.78 is 5.62. The van der Waals surface area contributed by atoms with E-state index in [0.29, 0.717) is 18.2 Å². The largest absolute Gasteiger partial charge is 0.408 e. The Bertz CT molecular complexity index is 687. The Balaban J connectivity index is 1.59. The number of rotatable bonds is 4. The van der Waals surface area contributed by atoms with Crippen LogP contribution in [0, 0.1) is 13.8 Å². The van der Waals surface area contributed by atoms with E-state index in [1.165, 1.54) is 30.4 Å². The summed E-state index contributed by atoms with van der Waals surface area (Å²) in [6, 6.07) is 6.25. The highest BCUT2D eigenvalue weighted by Crippen LogP contribution is 2.32. The van der Waals surface area contributed by atoms with E-state index in [1.807, 2.05) is 25.1 Å². The number of aryl methyl sites for hydroxylation is 2. The van der Waals surface area contributed by atoms with E-state index in [4.69, 9.17) is 4.42 Å². The van der Waals surface area contributed by atoms with Gasteiger partial charge in [-0.3, -0.25) is 10.1 Å². The summed E-state index contributed by atoms with van der Waals surface area (Å²) in [5.41, 5.74) is 3.40. The molecular formula is C18H23N3O2. The molecule has 0 unspecified atom stereocenters. The molecule has 1 aromatic heterocycles. The van der Waals surface area contributed by atoms with Crippen molar-refractivity contribution in [2.24, 2.45) is 0 Å². The number of aromatic nitrogens is 2. The SMILES string of the molecule is Cc1ccc(CC(=O)Nc2nnc(C3CCCCC3)o2)cc1C. The quantitative estimate of drug-likeness (QED) is 0.929. The number of anilines is 1. The number of benzene rings is 1. The first-order valence-electron chi connectivity index (χ1n) is 8.31. The van der Waals surface area contributed by atoms with Crippen molar-refractivity contribution in [3.8, 4) is 0 Å². The second-order valence-electron chi connectivity index (χ2n) is 6.42. The molecule has 5 nitrogen and oxygen atoms in total. The van der Waals surface area contributed by atoms with Crippen molar-refractivity contribution >= 4 is 11.9 Å². The molecule has 1 saturated carbocycles. The van der Waals surface area contributed by atoms with Crippen LogP contribution in [0.5, 0.6) is 0 Å². The first-order valence-corrected chi connectivity index (χ1v) is 8.31. The molecular weight excluding hydrogens is 290 g/mol. The number of carbonyl (C=O) groups excluding carboxylic acids is 1. The minimum absolute atomic E-state index is 0.132. The van der Waals surface area contributed by atoms with Crippen LogP contribution in [-0.2, 0) is 11.2 Å². The predicted molar refractivity (Wildman–Crippen MR) is 88.4 cm³/mol. The Kier molecular flexibility index (Phi) is 4.74. The normalized spacial score (nSPS) is 15.6. The Morgan fingerprint density at radius 2 is 1.96 bits per heavy atom. The third-order valence-electron chi connectivity index (χ3n) is 4.58. The van der Waals surface area contributed by atoms with E-state index in [-0.39, 0.29) is 11.9 Å². The molecule has 122 valence electrons. The molecule has 1 aliphatic carbocycles. The Morgan fingerprint density at radius 1 is 1.17 bits per heavy atom. The van der Waals surface area contributed by atoms with Crippen LogP contribution in [0.1, 0.15) is 60.6 Å². The minimum atomic E-state index is -0.132. The van der Waals surface area contributed by atoms with Gasteiger partial charge in [-0.15, -0.1) is 5.10 Å². The van der Waals surface area contributed by atoms with Crippen molar-refractivity contribution in [3.63, 3.8) is 0 Å². The molecule has 1 N–H and O–H groups in total. The van der Waals surface area contributed by atoms with Gasteiger partial charge < -0.3 is 4.42 Å². The average molecular weight is 313 g/mol. The molecule has 2 aromatic rings. The molecule has 1 fully saturated rings. The second-order valence-corrected chi connectivity index (χ2v) is 6.42. The highest BCUT2D eigenvalue weighted by atomic mass is 16.4. The number of nitrogens with one attached hydrogen (secondary N) is 1. The van der Waals surface area contributed by atoms with E-state index < -0.39 is 0 Å². The lowest BCUT2D eigenvalue weighted by molar-refractivity contribution is -0.115. The molecule has 23 heavy (non-hydrogen) atoms. The second kappa shape index (κ2) is 6.94. The van der Waals surface area contributed by atoms with Gasteiger partial charge in [-0.05, 0) is 43.4 Å². The summed E-state index contributed by atoms with van der Waals surface area (Å²) in [6.07, 6.45) is 6.20. The molecule has 0 aliphatic heterocycles. The van der Waals surface area contributed by atoms with Gasteiger partial charge in [0.25, 0.3) is 0 Å². The molecule has 0 radical (unpaired) electrons. The van der Waals surface area contributed by atoms with Gasteiger partial charge in [0.15, 0.2) is 0 Å². The van der Waals surface area contributed by atoms with E-state index in [9.17, 15) is 4.79 Å². The lowest BCUT2D eigenvalue weighted by Gasteiger charge is -2.17. The molecule has 1 heterocycles. The van der Waals surface area contributed by atoms with Gasteiger partial charge in [-0.2, -0.15) is 0 Å². The van der Waals surface area contributed by atoms with Crippen LogP contribution in [-0.4, -0.2) is 16.1 Å². The molecule has 3 rings (SSSR count). The number of amides is 1. The van der Waals surface area contributed by atoms with Gasteiger partial charge in [-0.25, -0.2) is 0 Å². The summed E-state index contributed by atoms with van der Waals surface area (Å²) >= 11 is 0. The molecule has 0 saturated heterocycles. The van der Waals surface area contributed by atoms with Gasteiger partial charge in [0, 0.05) is 5.92 Å². The Labute approximate surface area is 136 Å². The molecule has 5 heteroatoms. The minimum Gasteiger partial charge on any atom is -0.408 e. The summed E-state index contributed by atoms with van der Waals surface area (Å²) in [6.45, 7) is 4.11. The molecule has 1 aromatic carbocycles. The smallest absolute Gasteiger partial charge is 0.322 e. The first kappa shape index (κ1) is 15.7. The van der Waals surface area contributed by atoms with E-state index in [2.05, 4.69) is 22.4 Å². The van der Waals surface area contributed by atoms with Crippen LogP contribution in [0.25, 0.3) is 0 Å². The monoisotopic (exact) mass is 313 g/mol. The maximum atomic E-state index is 12.1. The fourth-order valence-corrected chi connectivity index (χ4v) is 3.06. The van der Waals surface area contributed by atoms with Gasteiger partial charge in [0.05, 0.1) is 6.42 Å². The Morgan fingerprint density at radius 3 is 2.70 bits per heavy atom. The van der Waals surface area contributed by atoms with Crippen LogP contribution in [0.3, 0.4) is 0 Å². The number of hydrogen-bond donors (Lipinski definition) is 1. The summed E-state index contributed by atoms with van der Waals surface area (Å²) in [5, 5.41) is 10.8. The molecule has 0 atom stereocenters. The Hall–Kier alpha value is -2.17. The molecule has 0 bridgehead atoms. The van der Waals surface area contributed by atoms with Crippen molar-refractivity contribution < 1.29 is 9.21 Å². The lowest BCUT2D eigenvalue weighted by Crippen LogP contribution is -2.14. The third kappa shape index (κ3) is 3.97. The zero-order valence-electron chi connectivity index (χ0n) is 13.8. The number of carbonyl (C=O) groups is 1. The van der Waals surface area contributed by atoms with Crippen LogP contribution in [0.15, 0.2) is 22.6 Å². The fraction of sp³-hybridized carbons (Fsp3) is 0.500. The van der Waals surface area contributed by atoms with Gasteiger partial charge in [0.2, 0.25) is 11.8 Å². The van der Waals surface area contributed by atoms with Crippen molar-refractivity contribution in [1.82, 2.24) is 10.2 Å². The van der Waals surface area contributed by atoms with E-state index >= 15 is 0 Å². The van der Waals surface area contributed by atoms with Crippen molar-refractivity contribution in [2.75, 3.05) is 5.32 Å². The molecule has 0 spiro atoms. The molecule has 1 aliphatic rings. The van der Waals surface area contributed by atoms with Gasteiger partial charge in [0.1, 0.15) is 0 Å². The standard InChI is InChI=1S/C18H23N3O2/c1-12-8-9-14(10-13(12)2)11-16(22)19-18-21-20-17(23-18)15-6-4-3-5-7-15/h8-10,15H,3-7,11H2,1-2H3,(H,19,21,22). The third-order valence-corrected chi connectivity index (χ3v) is 4.58. The van der Waals surface area contributed by atoms with E-state index in [0.717, 1.165) is 18.4 Å². The lowest BCUT2D eigenvalue weighted by atomic mass is 9.89. The molecule has 1 amide bonds. The van der Waals surface area contributed by atoms with Crippen molar-refractivity contribution in [2.45, 2.75) is 58.3 Å². The summed E-state index contributed by atoms with van der Waals surface area (Å²) in [5.74, 6) is 0.875. The topological polar surface area (TPSA) is 68.0 Å². The number of hydrogen-bond acceptors (Lipinski definition) is 4. The first-order chi connectivity index (χ1) is 11.1. The highest BCUT2D eigenvalue weighted by Gasteiger charge is 2.21. The van der Waals surface area contributed by atoms with Gasteiger partial charge >= 0.3 is 6.01 Å². The summed E-state index contributed by atoms with van der Waals surface area (Å²) in [7, 11) is 0. The fourth-order valence-electron chi connectivity index (χ4n) is 3.06. The van der Waals surface area contributed by atoms with Crippen LogP contribution < -0.4 is 5.32 Å². The zero-order valence-corrected chi connectivity index (χ0v) is 13.8. The van der Waals surface area contributed by atoms with E-state index in [1.54, 1.807) is 0 Å². The highest BCUT2D eigenvalue weighted by molar-refractivity contribution is 5.90. The average Bonchev–Trinajstić information content (AvgIpc) is 3.00. The predicted octanol–water partition coefficient (Wildman–Crippen LogP) is 3.92.